The molecule has 0 unspecified atom stereocenters. The SMILES string of the molecule is CCOc1ccc(S(=O)(=O)NCCC(C)C)cc1CO. The average Bonchev–Trinajstić information content (AvgIpc) is 2.38. The van der Waals surface area contributed by atoms with Crippen molar-refractivity contribution in [1.29, 1.82) is 0 Å². The zero-order valence-corrected chi connectivity index (χ0v) is 13.0. The lowest BCUT2D eigenvalue weighted by atomic mass is 10.1. The molecule has 0 spiro atoms. The summed E-state index contributed by atoms with van der Waals surface area (Å²) < 4.78 is 32.1. The summed E-state index contributed by atoms with van der Waals surface area (Å²) in [4.78, 5) is 0.147. The molecule has 0 aliphatic heterocycles. The summed E-state index contributed by atoms with van der Waals surface area (Å²) in [6.07, 6.45) is 0.781. The maximum atomic E-state index is 12.1. The van der Waals surface area contributed by atoms with Crippen LogP contribution in [-0.4, -0.2) is 26.7 Å². The second kappa shape index (κ2) is 7.61. The molecule has 0 atom stereocenters. The van der Waals surface area contributed by atoms with Crippen molar-refractivity contribution in [3.63, 3.8) is 0 Å². The van der Waals surface area contributed by atoms with Crippen LogP contribution in [0.15, 0.2) is 23.1 Å². The van der Waals surface area contributed by atoms with Gasteiger partial charge in [-0.3, -0.25) is 0 Å². The highest BCUT2D eigenvalue weighted by Gasteiger charge is 2.16. The summed E-state index contributed by atoms with van der Waals surface area (Å²) in [5.41, 5.74) is 0.471. The van der Waals surface area contributed by atoms with E-state index < -0.39 is 10.0 Å². The van der Waals surface area contributed by atoms with Crippen molar-refractivity contribution in [1.82, 2.24) is 4.72 Å². The molecule has 1 aromatic carbocycles. The molecule has 0 bridgehead atoms. The van der Waals surface area contributed by atoms with Crippen LogP contribution in [0.3, 0.4) is 0 Å². The summed E-state index contributed by atoms with van der Waals surface area (Å²) in [6, 6.07) is 4.51. The summed E-state index contributed by atoms with van der Waals surface area (Å²) in [5, 5.41) is 9.29. The molecule has 2 N–H and O–H groups in total. The number of benzene rings is 1. The topological polar surface area (TPSA) is 75.6 Å². The number of aliphatic hydroxyl groups excluding tert-OH is 1. The lowest BCUT2D eigenvalue weighted by molar-refractivity contribution is 0.266. The van der Waals surface area contributed by atoms with Crippen molar-refractivity contribution < 1.29 is 18.3 Å². The van der Waals surface area contributed by atoms with Gasteiger partial charge in [0.2, 0.25) is 10.0 Å². The molecule has 114 valence electrons. The van der Waals surface area contributed by atoms with Gasteiger partial charge in [-0.15, -0.1) is 0 Å². The fraction of sp³-hybridized carbons (Fsp3) is 0.571. The Bertz CT molecular complexity index is 526. The van der Waals surface area contributed by atoms with E-state index >= 15 is 0 Å². The van der Waals surface area contributed by atoms with Gasteiger partial charge < -0.3 is 9.84 Å². The van der Waals surface area contributed by atoms with Crippen LogP contribution in [0.2, 0.25) is 0 Å². The van der Waals surface area contributed by atoms with Gasteiger partial charge in [0.15, 0.2) is 0 Å². The van der Waals surface area contributed by atoms with E-state index in [2.05, 4.69) is 4.72 Å². The molecule has 6 heteroatoms. The lowest BCUT2D eigenvalue weighted by Crippen LogP contribution is -2.25. The highest BCUT2D eigenvalue weighted by molar-refractivity contribution is 7.89. The number of sulfonamides is 1. The van der Waals surface area contributed by atoms with Crippen LogP contribution in [0.25, 0.3) is 0 Å². The average molecular weight is 301 g/mol. The Hall–Kier alpha value is -1.11. The van der Waals surface area contributed by atoms with E-state index in [4.69, 9.17) is 4.74 Å². The Balaban J connectivity index is 2.89. The van der Waals surface area contributed by atoms with Gasteiger partial charge in [-0.1, -0.05) is 13.8 Å². The van der Waals surface area contributed by atoms with E-state index in [9.17, 15) is 13.5 Å². The Kier molecular flexibility index (Phi) is 6.45. The lowest BCUT2D eigenvalue weighted by Gasteiger charge is -2.12. The molecule has 0 saturated heterocycles. The molecule has 0 aliphatic carbocycles. The predicted molar refractivity (Wildman–Crippen MR) is 78.2 cm³/mol. The van der Waals surface area contributed by atoms with Crippen molar-refractivity contribution in [2.75, 3.05) is 13.2 Å². The van der Waals surface area contributed by atoms with E-state index in [1.807, 2.05) is 20.8 Å². The van der Waals surface area contributed by atoms with Crippen LogP contribution in [0, 0.1) is 5.92 Å². The number of rotatable bonds is 8. The van der Waals surface area contributed by atoms with Gasteiger partial charge in [-0.25, -0.2) is 13.1 Å². The number of ether oxygens (including phenoxy) is 1. The molecule has 0 saturated carbocycles. The van der Waals surface area contributed by atoms with Crippen LogP contribution in [0.5, 0.6) is 5.75 Å². The standard InChI is InChI=1S/C14H23NO4S/c1-4-19-14-6-5-13(9-12(14)10-16)20(17,18)15-8-7-11(2)3/h5-6,9,11,15-16H,4,7-8,10H2,1-3H3. The third-order valence-corrected chi connectivity index (χ3v) is 4.28. The molecule has 20 heavy (non-hydrogen) atoms. The van der Waals surface area contributed by atoms with Crippen LogP contribution in [-0.2, 0) is 16.6 Å². The van der Waals surface area contributed by atoms with Gasteiger partial charge in [0.05, 0.1) is 18.1 Å². The molecule has 1 aromatic rings. The van der Waals surface area contributed by atoms with E-state index in [1.54, 1.807) is 6.07 Å². The fourth-order valence-corrected chi connectivity index (χ4v) is 2.81. The Morgan fingerprint density at radius 1 is 1.35 bits per heavy atom. The zero-order valence-electron chi connectivity index (χ0n) is 12.2. The second-order valence-corrected chi connectivity index (χ2v) is 6.71. The predicted octanol–water partition coefficient (Wildman–Crippen LogP) is 1.90. The fourth-order valence-electron chi connectivity index (χ4n) is 1.71. The minimum atomic E-state index is -3.54. The summed E-state index contributed by atoms with van der Waals surface area (Å²) in [7, 11) is -3.54. The zero-order chi connectivity index (χ0) is 15.2. The van der Waals surface area contributed by atoms with Crippen molar-refractivity contribution in [2.24, 2.45) is 5.92 Å². The van der Waals surface area contributed by atoms with Crippen molar-refractivity contribution in [3.8, 4) is 5.75 Å². The monoisotopic (exact) mass is 301 g/mol. The second-order valence-electron chi connectivity index (χ2n) is 4.94. The Morgan fingerprint density at radius 3 is 2.60 bits per heavy atom. The van der Waals surface area contributed by atoms with Crippen LogP contribution in [0.4, 0.5) is 0 Å². The first-order valence-electron chi connectivity index (χ1n) is 6.77. The van der Waals surface area contributed by atoms with Crippen molar-refractivity contribution in [2.45, 2.75) is 38.7 Å². The van der Waals surface area contributed by atoms with Gasteiger partial charge in [-0.2, -0.15) is 0 Å². The molecule has 0 aromatic heterocycles. The molecule has 0 aliphatic rings. The van der Waals surface area contributed by atoms with Crippen molar-refractivity contribution in [3.05, 3.63) is 23.8 Å². The molecule has 1 rings (SSSR count). The molecular weight excluding hydrogens is 278 g/mol. The largest absolute Gasteiger partial charge is 0.494 e. The quantitative estimate of drug-likeness (QED) is 0.769. The number of hydrogen-bond acceptors (Lipinski definition) is 4. The minimum Gasteiger partial charge on any atom is -0.494 e. The first-order valence-corrected chi connectivity index (χ1v) is 8.25. The smallest absolute Gasteiger partial charge is 0.240 e. The normalized spacial score (nSPS) is 11.8. The Labute approximate surface area is 121 Å². The van der Waals surface area contributed by atoms with Gasteiger partial charge >= 0.3 is 0 Å². The summed E-state index contributed by atoms with van der Waals surface area (Å²) >= 11 is 0. The summed E-state index contributed by atoms with van der Waals surface area (Å²) in [5.74, 6) is 0.946. The van der Waals surface area contributed by atoms with Gasteiger partial charge in [0.1, 0.15) is 5.75 Å². The summed E-state index contributed by atoms with van der Waals surface area (Å²) in [6.45, 7) is 6.52. The third kappa shape index (κ3) is 4.77. The molecule has 0 heterocycles. The van der Waals surface area contributed by atoms with Crippen LogP contribution in [0.1, 0.15) is 32.8 Å². The third-order valence-electron chi connectivity index (χ3n) is 2.83. The molecule has 0 fully saturated rings. The van der Waals surface area contributed by atoms with Gasteiger partial charge in [0, 0.05) is 12.1 Å². The first-order chi connectivity index (χ1) is 9.40. The molecule has 5 nitrogen and oxygen atoms in total. The highest BCUT2D eigenvalue weighted by Crippen LogP contribution is 2.22. The molecule has 0 radical (unpaired) electrons. The molecular formula is C14H23NO4S. The van der Waals surface area contributed by atoms with E-state index in [1.165, 1.54) is 12.1 Å². The van der Waals surface area contributed by atoms with E-state index in [-0.39, 0.29) is 11.5 Å². The first kappa shape index (κ1) is 16.9. The van der Waals surface area contributed by atoms with E-state index in [0.717, 1.165) is 6.42 Å². The van der Waals surface area contributed by atoms with Gasteiger partial charge in [0.25, 0.3) is 0 Å². The Morgan fingerprint density at radius 2 is 2.05 bits per heavy atom. The van der Waals surface area contributed by atoms with Crippen molar-refractivity contribution >= 4 is 10.0 Å². The van der Waals surface area contributed by atoms with Crippen LogP contribution >= 0.6 is 0 Å². The van der Waals surface area contributed by atoms with Gasteiger partial charge in [-0.05, 0) is 37.5 Å². The van der Waals surface area contributed by atoms with Crippen LogP contribution < -0.4 is 9.46 Å². The molecule has 0 amide bonds. The maximum absolute atomic E-state index is 12.1. The highest BCUT2D eigenvalue weighted by atomic mass is 32.2. The van der Waals surface area contributed by atoms with E-state index in [0.29, 0.717) is 30.4 Å². The maximum Gasteiger partial charge on any atom is 0.240 e. The number of aliphatic hydroxyl groups is 1. The minimum absolute atomic E-state index is 0.147. The number of nitrogens with one attached hydrogen (secondary N) is 1. The number of hydrogen-bond donors (Lipinski definition) is 2.